The van der Waals surface area contributed by atoms with E-state index < -0.39 is 0 Å². The molecule has 3 aromatic carbocycles. The van der Waals surface area contributed by atoms with Gasteiger partial charge in [-0.1, -0.05) is 52.3 Å². The number of ether oxygens (including phenoxy) is 1. The largest absolute Gasteiger partial charge is 0.489 e. The van der Waals surface area contributed by atoms with Crippen LogP contribution in [0.5, 0.6) is 5.75 Å². The summed E-state index contributed by atoms with van der Waals surface area (Å²) in [6, 6.07) is 26.0. The third-order valence-corrected chi connectivity index (χ3v) is 5.08. The molecule has 4 aromatic rings. The normalized spacial score (nSPS) is 11.4. The van der Waals surface area contributed by atoms with Crippen molar-refractivity contribution in [3.8, 4) is 11.8 Å². The second-order valence-electron chi connectivity index (χ2n) is 6.63. The van der Waals surface area contributed by atoms with Crippen molar-refractivity contribution in [2.24, 2.45) is 0 Å². The molecule has 0 N–H and O–H groups in total. The fourth-order valence-electron chi connectivity index (χ4n) is 3.04. The Bertz CT molecular complexity index is 1190. The molecule has 0 aliphatic carbocycles. The maximum Gasteiger partial charge on any atom is 0.119 e. The molecule has 0 aliphatic heterocycles. The first-order valence-corrected chi connectivity index (χ1v) is 9.98. The van der Waals surface area contributed by atoms with Crippen LogP contribution in [-0.4, -0.2) is 9.55 Å². The number of para-hydroxylation sites is 2. The average molecular weight is 444 g/mol. The molecular weight excluding hydrogens is 426 g/mol. The fraction of sp³-hybridized carbons (Fsp3) is 0.0833. The summed E-state index contributed by atoms with van der Waals surface area (Å²) in [5.74, 6) is 0.796. The number of hydrogen-bond donors (Lipinski definition) is 0. The molecular formula is C24H18BrN3O. The first-order valence-electron chi connectivity index (χ1n) is 9.19. The second kappa shape index (κ2) is 8.76. The van der Waals surface area contributed by atoms with Crippen LogP contribution >= 0.6 is 15.9 Å². The summed E-state index contributed by atoms with van der Waals surface area (Å²) in [6.45, 7) is 0.998. The Morgan fingerprint density at radius 3 is 2.55 bits per heavy atom. The molecule has 5 heteroatoms. The summed E-state index contributed by atoms with van der Waals surface area (Å²) in [6.07, 6.45) is 3.67. The van der Waals surface area contributed by atoms with Crippen molar-refractivity contribution in [3.05, 3.63) is 100 Å². The summed E-state index contributed by atoms with van der Waals surface area (Å²) in [5, 5.41) is 9.56. The SMILES string of the molecule is N#C/C(=C/c1ccc(OCc2ccc(Br)cc2)cc1)Cn1cnc2ccccc21. The number of hydrogen-bond acceptors (Lipinski definition) is 3. The van der Waals surface area contributed by atoms with Gasteiger partial charge in [-0.3, -0.25) is 0 Å². The number of rotatable bonds is 6. The van der Waals surface area contributed by atoms with Gasteiger partial charge in [0.15, 0.2) is 0 Å². The van der Waals surface area contributed by atoms with Crippen LogP contribution in [0.15, 0.2) is 89.2 Å². The summed E-state index contributed by atoms with van der Waals surface area (Å²) >= 11 is 3.43. The summed E-state index contributed by atoms with van der Waals surface area (Å²) in [7, 11) is 0. The van der Waals surface area contributed by atoms with Gasteiger partial charge in [-0.25, -0.2) is 4.98 Å². The lowest BCUT2D eigenvalue weighted by Crippen LogP contribution is -1.98. The Kier molecular flexibility index (Phi) is 5.73. The Morgan fingerprint density at radius 2 is 1.79 bits per heavy atom. The number of fused-ring (bicyclic) bond motifs is 1. The predicted octanol–water partition coefficient (Wildman–Crippen LogP) is 5.98. The monoisotopic (exact) mass is 443 g/mol. The number of allylic oxidation sites excluding steroid dienone is 1. The van der Waals surface area contributed by atoms with Crippen LogP contribution in [0, 0.1) is 11.3 Å². The van der Waals surface area contributed by atoms with Gasteiger partial charge in [0, 0.05) is 10.0 Å². The van der Waals surface area contributed by atoms with Gasteiger partial charge in [0.2, 0.25) is 0 Å². The summed E-state index contributed by atoms with van der Waals surface area (Å²) in [4.78, 5) is 4.38. The lowest BCUT2D eigenvalue weighted by atomic mass is 10.1. The number of nitriles is 1. The molecule has 29 heavy (non-hydrogen) atoms. The number of halogens is 1. The number of imidazole rings is 1. The lowest BCUT2D eigenvalue weighted by molar-refractivity contribution is 0.306. The van der Waals surface area contributed by atoms with E-state index in [0.717, 1.165) is 32.4 Å². The van der Waals surface area contributed by atoms with Gasteiger partial charge in [0.25, 0.3) is 0 Å². The van der Waals surface area contributed by atoms with Gasteiger partial charge >= 0.3 is 0 Å². The quantitative estimate of drug-likeness (QED) is 0.344. The molecule has 0 saturated carbocycles. The smallest absolute Gasteiger partial charge is 0.119 e. The topological polar surface area (TPSA) is 50.8 Å². The highest BCUT2D eigenvalue weighted by Crippen LogP contribution is 2.19. The van der Waals surface area contributed by atoms with Crippen molar-refractivity contribution in [1.82, 2.24) is 9.55 Å². The third kappa shape index (κ3) is 4.74. The summed E-state index contributed by atoms with van der Waals surface area (Å²) in [5.41, 5.74) is 4.68. The van der Waals surface area contributed by atoms with Crippen molar-refractivity contribution in [2.75, 3.05) is 0 Å². The molecule has 4 nitrogen and oxygen atoms in total. The average Bonchev–Trinajstić information content (AvgIpc) is 3.17. The molecule has 0 bridgehead atoms. The van der Waals surface area contributed by atoms with Crippen molar-refractivity contribution in [1.29, 1.82) is 5.26 Å². The Morgan fingerprint density at radius 1 is 1.03 bits per heavy atom. The van der Waals surface area contributed by atoms with Gasteiger partial charge in [-0.2, -0.15) is 5.26 Å². The van der Waals surface area contributed by atoms with Gasteiger partial charge in [0.05, 0.1) is 30.0 Å². The molecule has 4 rings (SSSR count). The van der Waals surface area contributed by atoms with Crippen LogP contribution in [0.2, 0.25) is 0 Å². The minimum absolute atomic E-state index is 0.485. The lowest BCUT2D eigenvalue weighted by Gasteiger charge is -2.07. The van der Waals surface area contributed by atoms with Crippen molar-refractivity contribution >= 4 is 33.0 Å². The molecule has 1 aromatic heterocycles. The van der Waals surface area contributed by atoms with Crippen LogP contribution in [-0.2, 0) is 13.2 Å². The Labute approximate surface area is 177 Å². The van der Waals surface area contributed by atoms with E-state index in [9.17, 15) is 5.26 Å². The second-order valence-corrected chi connectivity index (χ2v) is 7.54. The molecule has 0 atom stereocenters. The minimum atomic E-state index is 0.485. The zero-order valence-corrected chi connectivity index (χ0v) is 17.2. The van der Waals surface area contributed by atoms with Crippen LogP contribution in [0.25, 0.3) is 17.1 Å². The number of nitrogens with zero attached hydrogens (tertiary/aromatic N) is 3. The van der Waals surface area contributed by atoms with Crippen LogP contribution in [0.1, 0.15) is 11.1 Å². The van der Waals surface area contributed by atoms with E-state index >= 15 is 0 Å². The summed E-state index contributed by atoms with van der Waals surface area (Å²) < 4.78 is 8.87. The first-order chi connectivity index (χ1) is 14.2. The van der Waals surface area contributed by atoms with Gasteiger partial charge < -0.3 is 9.30 Å². The van der Waals surface area contributed by atoms with Crippen molar-refractivity contribution in [2.45, 2.75) is 13.2 Å². The zero-order chi connectivity index (χ0) is 20.1. The van der Waals surface area contributed by atoms with E-state index in [1.54, 1.807) is 6.33 Å². The maximum atomic E-state index is 9.56. The highest BCUT2D eigenvalue weighted by molar-refractivity contribution is 9.10. The minimum Gasteiger partial charge on any atom is -0.489 e. The van der Waals surface area contributed by atoms with Gasteiger partial charge in [-0.05, 0) is 53.6 Å². The molecule has 142 valence electrons. The van der Waals surface area contributed by atoms with E-state index in [0.29, 0.717) is 18.7 Å². The number of benzene rings is 3. The van der Waals surface area contributed by atoms with Gasteiger partial charge in [0.1, 0.15) is 12.4 Å². The highest BCUT2D eigenvalue weighted by Gasteiger charge is 2.05. The van der Waals surface area contributed by atoms with E-state index in [2.05, 4.69) is 27.0 Å². The van der Waals surface area contributed by atoms with E-state index in [-0.39, 0.29) is 0 Å². The molecule has 0 fully saturated rings. The van der Waals surface area contributed by atoms with Crippen molar-refractivity contribution < 1.29 is 4.74 Å². The molecule has 0 amide bonds. The molecule has 1 heterocycles. The Hall–Kier alpha value is -3.36. The van der Waals surface area contributed by atoms with Crippen LogP contribution in [0.4, 0.5) is 0 Å². The van der Waals surface area contributed by atoms with Crippen LogP contribution in [0.3, 0.4) is 0 Å². The van der Waals surface area contributed by atoms with Crippen molar-refractivity contribution in [3.63, 3.8) is 0 Å². The third-order valence-electron chi connectivity index (χ3n) is 4.55. The number of aromatic nitrogens is 2. The van der Waals surface area contributed by atoms with Crippen LogP contribution < -0.4 is 4.74 Å². The molecule has 0 spiro atoms. The molecule has 0 radical (unpaired) electrons. The maximum absolute atomic E-state index is 9.56. The zero-order valence-electron chi connectivity index (χ0n) is 15.6. The fourth-order valence-corrected chi connectivity index (χ4v) is 3.31. The molecule has 0 saturated heterocycles. The molecule has 0 unspecified atom stereocenters. The first kappa shape index (κ1) is 19.0. The molecule has 0 aliphatic rings. The Balaban J connectivity index is 1.44. The highest BCUT2D eigenvalue weighted by atomic mass is 79.9. The van der Waals surface area contributed by atoms with Gasteiger partial charge in [-0.15, -0.1) is 0 Å². The standard InChI is InChI=1S/C24H18BrN3O/c25-21-9-5-19(6-10-21)16-29-22-11-7-18(8-12-22)13-20(14-26)15-28-17-27-23-3-1-2-4-24(23)28/h1-13,17H,15-16H2/b20-13-. The van der Waals surface area contributed by atoms with E-state index in [1.807, 2.05) is 83.4 Å². The predicted molar refractivity (Wildman–Crippen MR) is 118 cm³/mol. The van der Waals surface area contributed by atoms with E-state index in [4.69, 9.17) is 4.74 Å². The van der Waals surface area contributed by atoms with E-state index in [1.165, 1.54) is 0 Å².